The number of rotatable bonds is 5. The number of phenolic OH excluding ortho intramolecular Hbond substituents is 1. The monoisotopic (exact) mass is 657 g/mol. The molecule has 0 saturated carbocycles. The van der Waals surface area contributed by atoms with Gasteiger partial charge in [-0.25, -0.2) is 4.98 Å². The summed E-state index contributed by atoms with van der Waals surface area (Å²) in [5.41, 5.74) is 12.2. The molecule has 0 bridgehead atoms. The van der Waals surface area contributed by atoms with Crippen LogP contribution >= 0.6 is 0 Å². The average molecular weight is 658 g/mol. The second kappa shape index (κ2) is 12.0. The fraction of sp³-hybridized carbons (Fsp3) is 0.261. The Labute approximate surface area is 296 Å². The van der Waals surface area contributed by atoms with E-state index >= 15 is 0 Å². The number of hydrogen-bond donors (Lipinski definition) is 1. The van der Waals surface area contributed by atoms with Gasteiger partial charge in [-0.2, -0.15) is 0 Å². The molecule has 0 atom stereocenters. The lowest BCUT2D eigenvalue weighted by molar-refractivity contribution is 0.448. The van der Waals surface area contributed by atoms with E-state index in [2.05, 4.69) is 158 Å². The van der Waals surface area contributed by atoms with E-state index in [0.29, 0.717) is 0 Å². The van der Waals surface area contributed by atoms with Crippen LogP contribution in [0.4, 0.5) is 0 Å². The van der Waals surface area contributed by atoms with Gasteiger partial charge in [0.25, 0.3) is 0 Å². The van der Waals surface area contributed by atoms with Crippen LogP contribution in [0, 0.1) is 6.92 Å². The van der Waals surface area contributed by atoms with Gasteiger partial charge in [0.1, 0.15) is 11.6 Å². The lowest BCUT2D eigenvalue weighted by Gasteiger charge is -2.31. The van der Waals surface area contributed by atoms with Gasteiger partial charge >= 0.3 is 0 Å². The zero-order valence-corrected chi connectivity index (χ0v) is 30.8. The Hall–Kier alpha value is -5.22. The number of aromatic nitrogens is 3. The molecule has 1 N–H and O–H groups in total. The minimum Gasteiger partial charge on any atom is -0.507 e. The van der Waals surface area contributed by atoms with Crippen LogP contribution in [0.1, 0.15) is 77.6 Å². The summed E-state index contributed by atoms with van der Waals surface area (Å²) in [4.78, 5) is 10.3. The standard InChI is InChI=1S/C46H47N3O/c1-29-23-31(25-32(24-29)37-28-35(45(5,6)7)26-30-15-14-22-47-41(30)37)36-18-13-19-39-42(36)48-43(38-27-34(44(2,3)4)20-21-40(38)50)49(39)46(8,9)33-16-11-10-12-17-33/h10-28,50H,1-9H3. The summed E-state index contributed by atoms with van der Waals surface area (Å²) < 4.78 is 2.31. The van der Waals surface area contributed by atoms with Crippen molar-refractivity contribution in [1.82, 2.24) is 14.5 Å². The van der Waals surface area contributed by atoms with Crippen LogP contribution in [0.2, 0.25) is 0 Å². The van der Waals surface area contributed by atoms with Crippen LogP contribution in [-0.4, -0.2) is 19.6 Å². The van der Waals surface area contributed by atoms with Crippen molar-refractivity contribution in [3.8, 4) is 39.4 Å². The van der Waals surface area contributed by atoms with Gasteiger partial charge in [-0.05, 0) is 107 Å². The first-order chi connectivity index (χ1) is 23.6. The Morgan fingerprint density at radius 3 is 1.94 bits per heavy atom. The molecule has 0 aliphatic heterocycles. The van der Waals surface area contributed by atoms with Crippen LogP contribution in [0.15, 0.2) is 115 Å². The van der Waals surface area contributed by atoms with Crippen molar-refractivity contribution in [2.75, 3.05) is 0 Å². The smallest absolute Gasteiger partial charge is 0.145 e. The van der Waals surface area contributed by atoms with Gasteiger partial charge < -0.3 is 9.67 Å². The normalized spacial score (nSPS) is 12.6. The third-order valence-electron chi connectivity index (χ3n) is 10.1. The van der Waals surface area contributed by atoms with E-state index in [1.807, 2.05) is 24.4 Å². The second-order valence-electron chi connectivity index (χ2n) is 16.3. The van der Waals surface area contributed by atoms with Crippen LogP contribution < -0.4 is 0 Å². The van der Waals surface area contributed by atoms with Gasteiger partial charge in [-0.1, -0.05) is 108 Å². The number of nitrogens with zero attached hydrogens (tertiary/aromatic N) is 3. The van der Waals surface area contributed by atoms with Crippen LogP contribution in [0.25, 0.3) is 55.6 Å². The highest BCUT2D eigenvalue weighted by Crippen LogP contribution is 2.43. The summed E-state index contributed by atoms with van der Waals surface area (Å²) in [5, 5.41) is 12.6. The Kier molecular flexibility index (Phi) is 7.98. The summed E-state index contributed by atoms with van der Waals surface area (Å²) in [6.45, 7) is 20.0. The first-order valence-corrected chi connectivity index (χ1v) is 17.6. The van der Waals surface area contributed by atoms with Crippen LogP contribution in [0.3, 0.4) is 0 Å². The van der Waals surface area contributed by atoms with Gasteiger partial charge in [0.2, 0.25) is 0 Å². The molecule has 0 unspecified atom stereocenters. The van der Waals surface area contributed by atoms with Gasteiger partial charge in [-0.3, -0.25) is 4.98 Å². The highest BCUT2D eigenvalue weighted by molar-refractivity contribution is 5.98. The number of para-hydroxylation sites is 1. The number of phenols is 1. The molecule has 0 saturated heterocycles. The third-order valence-corrected chi connectivity index (χ3v) is 10.1. The molecule has 252 valence electrons. The van der Waals surface area contributed by atoms with Crippen molar-refractivity contribution >= 4 is 21.9 Å². The summed E-state index contributed by atoms with van der Waals surface area (Å²) in [6, 6.07) is 38.5. The van der Waals surface area contributed by atoms with E-state index in [1.165, 1.54) is 11.1 Å². The molecule has 0 radical (unpaired) electrons. The van der Waals surface area contributed by atoms with Crippen molar-refractivity contribution in [2.24, 2.45) is 0 Å². The minimum atomic E-state index is -0.482. The fourth-order valence-electron chi connectivity index (χ4n) is 7.18. The number of benzene rings is 5. The van der Waals surface area contributed by atoms with E-state index in [9.17, 15) is 5.11 Å². The molecule has 0 aliphatic carbocycles. The summed E-state index contributed by atoms with van der Waals surface area (Å²) in [6.07, 6.45) is 1.88. The molecule has 4 heteroatoms. The molecule has 0 spiro atoms. The highest BCUT2D eigenvalue weighted by atomic mass is 16.3. The van der Waals surface area contributed by atoms with Crippen LogP contribution in [0.5, 0.6) is 5.75 Å². The van der Waals surface area contributed by atoms with E-state index in [4.69, 9.17) is 9.97 Å². The Morgan fingerprint density at radius 2 is 1.24 bits per heavy atom. The van der Waals surface area contributed by atoms with Crippen molar-refractivity contribution < 1.29 is 5.11 Å². The quantitative estimate of drug-likeness (QED) is 0.200. The second-order valence-corrected chi connectivity index (χ2v) is 16.3. The molecule has 7 aromatic rings. The van der Waals surface area contributed by atoms with Gasteiger partial charge in [0.05, 0.1) is 27.7 Å². The van der Waals surface area contributed by atoms with Crippen molar-refractivity contribution in [3.63, 3.8) is 0 Å². The van der Waals surface area contributed by atoms with Crippen molar-refractivity contribution in [3.05, 3.63) is 138 Å². The number of pyridine rings is 1. The first kappa shape index (κ1) is 33.3. The third kappa shape index (κ3) is 5.87. The van der Waals surface area contributed by atoms with E-state index in [1.54, 1.807) is 0 Å². The molecule has 0 amide bonds. The largest absolute Gasteiger partial charge is 0.507 e. The van der Waals surface area contributed by atoms with Crippen molar-refractivity contribution in [2.45, 2.75) is 78.7 Å². The SMILES string of the molecule is Cc1cc(-c2cc(C(C)(C)C)cc3cccnc23)cc(-c2cccc3c2nc(-c2cc(C(C)(C)C)ccc2O)n3C(C)(C)c2ccccc2)c1. The predicted molar refractivity (Wildman–Crippen MR) is 210 cm³/mol. The Morgan fingerprint density at radius 1 is 0.560 bits per heavy atom. The minimum absolute atomic E-state index is 0.0122. The van der Waals surface area contributed by atoms with Crippen LogP contribution in [-0.2, 0) is 16.4 Å². The summed E-state index contributed by atoms with van der Waals surface area (Å²) in [7, 11) is 0. The number of hydrogen-bond acceptors (Lipinski definition) is 3. The number of aromatic hydroxyl groups is 1. The fourth-order valence-corrected chi connectivity index (χ4v) is 7.18. The summed E-state index contributed by atoms with van der Waals surface area (Å²) >= 11 is 0. The molecule has 7 rings (SSSR count). The van der Waals surface area contributed by atoms with E-state index < -0.39 is 5.54 Å². The maximum absolute atomic E-state index is 11.4. The molecule has 0 aliphatic rings. The predicted octanol–water partition coefficient (Wildman–Crippen LogP) is 12.0. The molecule has 0 fully saturated rings. The highest BCUT2D eigenvalue weighted by Gasteiger charge is 2.31. The number of aryl methyl sites for hydroxylation is 1. The Balaban J connectivity index is 1.51. The topological polar surface area (TPSA) is 50.9 Å². The van der Waals surface area contributed by atoms with Gasteiger partial charge in [0, 0.05) is 22.7 Å². The zero-order valence-electron chi connectivity index (χ0n) is 30.8. The molecule has 2 heterocycles. The number of fused-ring (bicyclic) bond motifs is 2. The maximum atomic E-state index is 11.4. The average Bonchev–Trinajstić information content (AvgIpc) is 3.47. The summed E-state index contributed by atoms with van der Waals surface area (Å²) in [5.74, 6) is 0.960. The first-order valence-electron chi connectivity index (χ1n) is 17.6. The number of imidazole rings is 1. The lowest BCUT2D eigenvalue weighted by Crippen LogP contribution is -2.28. The molecular weight excluding hydrogens is 611 g/mol. The van der Waals surface area contributed by atoms with E-state index in [0.717, 1.165) is 66.7 Å². The molecule has 50 heavy (non-hydrogen) atoms. The Bertz CT molecular complexity index is 2380. The van der Waals surface area contributed by atoms with Gasteiger partial charge in [0.15, 0.2) is 0 Å². The molecule has 5 aromatic carbocycles. The van der Waals surface area contributed by atoms with E-state index in [-0.39, 0.29) is 16.6 Å². The lowest BCUT2D eigenvalue weighted by atomic mass is 9.83. The molecule has 2 aromatic heterocycles. The maximum Gasteiger partial charge on any atom is 0.145 e. The molecule has 4 nitrogen and oxygen atoms in total. The zero-order chi connectivity index (χ0) is 35.6. The van der Waals surface area contributed by atoms with Gasteiger partial charge in [-0.15, -0.1) is 0 Å². The van der Waals surface area contributed by atoms with Crippen molar-refractivity contribution in [1.29, 1.82) is 0 Å². The molecular formula is C46H47N3O.